The molecule has 0 spiro atoms. The van der Waals surface area contributed by atoms with Crippen LogP contribution in [0.25, 0.3) is 10.9 Å². The molecular weight excluding hydrogens is 260 g/mol. The summed E-state index contributed by atoms with van der Waals surface area (Å²) < 4.78 is 5.38. The molecular formula is C15H19ClN2O. The summed E-state index contributed by atoms with van der Waals surface area (Å²) in [5.41, 5.74) is 8.70. The lowest BCUT2D eigenvalue weighted by molar-refractivity contribution is 0.419. The van der Waals surface area contributed by atoms with E-state index in [0.717, 1.165) is 28.8 Å². The second kappa shape index (κ2) is 5.76. The highest BCUT2D eigenvalue weighted by molar-refractivity contribution is 6.35. The molecule has 0 amide bonds. The quantitative estimate of drug-likeness (QED) is 0.933. The maximum atomic E-state index is 6.34. The number of benzene rings is 1. The molecule has 0 aliphatic rings. The first-order valence-electron chi connectivity index (χ1n) is 6.39. The number of nitrogens with two attached hydrogens (primary N) is 1. The van der Waals surface area contributed by atoms with Crippen molar-refractivity contribution < 1.29 is 4.74 Å². The SMILES string of the molecule is COc1ccc(Cl)c2c(CC(C)CN)cc(C)nc12. The fourth-order valence-electron chi connectivity index (χ4n) is 2.28. The van der Waals surface area contributed by atoms with Crippen LogP contribution in [0.3, 0.4) is 0 Å². The summed E-state index contributed by atoms with van der Waals surface area (Å²) in [4.78, 5) is 4.56. The van der Waals surface area contributed by atoms with E-state index >= 15 is 0 Å². The number of nitrogens with zero attached hydrogens (tertiary/aromatic N) is 1. The third-order valence-electron chi connectivity index (χ3n) is 3.27. The number of halogens is 1. The Labute approximate surface area is 118 Å². The van der Waals surface area contributed by atoms with Crippen LogP contribution in [-0.4, -0.2) is 18.6 Å². The van der Waals surface area contributed by atoms with Gasteiger partial charge in [0, 0.05) is 11.1 Å². The van der Waals surface area contributed by atoms with Crippen molar-refractivity contribution in [3.63, 3.8) is 0 Å². The molecule has 2 rings (SSSR count). The Bertz CT molecular complexity index is 598. The molecule has 0 fully saturated rings. The zero-order valence-corrected chi connectivity index (χ0v) is 12.3. The first kappa shape index (κ1) is 14.1. The number of hydrogen-bond acceptors (Lipinski definition) is 3. The maximum Gasteiger partial charge on any atom is 0.145 e. The van der Waals surface area contributed by atoms with Crippen LogP contribution in [0.15, 0.2) is 18.2 Å². The van der Waals surface area contributed by atoms with Gasteiger partial charge in [-0.15, -0.1) is 0 Å². The van der Waals surface area contributed by atoms with Gasteiger partial charge in [0.2, 0.25) is 0 Å². The van der Waals surface area contributed by atoms with Crippen LogP contribution < -0.4 is 10.5 Å². The van der Waals surface area contributed by atoms with Crippen molar-refractivity contribution in [3.8, 4) is 5.75 Å². The van der Waals surface area contributed by atoms with Crippen molar-refractivity contribution >= 4 is 22.5 Å². The third kappa shape index (κ3) is 2.82. The smallest absolute Gasteiger partial charge is 0.145 e. The summed E-state index contributed by atoms with van der Waals surface area (Å²) in [6.45, 7) is 4.77. The monoisotopic (exact) mass is 278 g/mol. The molecule has 3 nitrogen and oxygen atoms in total. The average molecular weight is 279 g/mol. The van der Waals surface area contributed by atoms with Crippen molar-refractivity contribution in [2.45, 2.75) is 20.3 Å². The van der Waals surface area contributed by atoms with E-state index in [1.165, 1.54) is 5.56 Å². The van der Waals surface area contributed by atoms with E-state index in [0.29, 0.717) is 17.5 Å². The largest absolute Gasteiger partial charge is 0.494 e. The van der Waals surface area contributed by atoms with Crippen molar-refractivity contribution in [3.05, 3.63) is 34.5 Å². The molecule has 0 aliphatic carbocycles. The Balaban J connectivity index is 2.69. The average Bonchev–Trinajstić information content (AvgIpc) is 2.38. The first-order chi connectivity index (χ1) is 9.06. The molecule has 0 aliphatic heterocycles. The van der Waals surface area contributed by atoms with E-state index in [1.807, 2.05) is 19.1 Å². The summed E-state index contributed by atoms with van der Waals surface area (Å²) in [5.74, 6) is 1.16. The summed E-state index contributed by atoms with van der Waals surface area (Å²) >= 11 is 6.34. The first-order valence-corrected chi connectivity index (χ1v) is 6.77. The Kier molecular flexibility index (Phi) is 4.27. The van der Waals surface area contributed by atoms with Gasteiger partial charge in [-0.05, 0) is 49.6 Å². The zero-order chi connectivity index (χ0) is 14.0. The van der Waals surface area contributed by atoms with Crippen molar-refractivity contribution in [1.29, 1.82) is 0 Å². The molecule has 1 atom stereocenters. The molecule has 19 heavy (non-hydrogen) atoms. The van der Waals surface area contributed by atoms with Gasteiger partial charge in [-0.1, -0.05) is 18.5 Å². The molecule has 102 valence electrons. The van der Waals surface area contributed by atoms with E-state index in [-0.39, 0.29) is 0 Å². The van der Waals surface area contributed by atoms with Gasteiger partial charge >= 0.3 is 0 Å². The summed E-state index contributed by atoms with van der Waals surface area (Å²) in [5, 5.41) is 1.69. The van der Waals surface area contributed by atoms with Gasteiger partial charge in [0.1, 0.15) is 11.3 Å². The lowest BCUT2D eigenvalue weighted by Crippen LogP contribution is -2.13. The molecule has 1 aromatic carbocycles. The summed E-state index contributed by atoms with van der Waals surface area (Å²) in [6.07, 6.45) is 0.892. The lowest BCUT2D eigenvalue weighted by Gasteiger charge is -2.14. The highest BCUT2D eigenvalue weighted by Crippen LogP contribution is 2.33. The van der Waals surface area contributed by atoms with E-state index in [2.05, 4.69) is 18.0 Å². The number of aromatic nitrogens is 1. The normalized spacial score (nSPS) is 12.7. The predicted molar refractivity (Wildman–Crippen MR) is 80.0 cm³/mol. The Morgan fingerprint density at radius 1 is 1.42 bits per heavy atom. The van der Waals surface area contributed by atoms with E-state index < -0.39 is 0 Å². The summed E-state index contributed by atoms with van der Waals surface area (Å²) in [7, 11) is 1.65. The number of fused-ring (bicyclic) bond motifs is 1. The van der Waals surface area contributed by atoms with Gasteiger partial charge in [-0.3, -0.25) is 0 Å². The minimum absolute atomic E-state index is 0.410. The molecule has 1 aromatic heterocycles. The predicted octanol–water partition coefficient (Wildman–Crippen LogP) is 3.34. The summed E-state index contributed by atoms with van der Waals surface area (Å²) in [6, 6.07) is 5.80. The van der Waals surface area contributed by atoms with E-state index in [4.69, 9.17) is 22.1 Å². The van der Waals surface area contributed by atoms with Gasteiger partial charge in [0.15, 0.2) is 0 Å². The number of pyridine rings is 1. The molecule has 1 unspecified atom stereocenters. The number of rotatable bonds is 4. The van der Waals surface area contributed by atoms with Crippen LogP contribution in [0, 0.1) is 12.8 Å². The van der Waals surface area contributed by atoms with Gasteiger partial charge in [-0.2, -0.15) is 0 Å². The molecule has 2 aromatic rings. The molecule has 4 heteroatoms. The second-order valence-electron chi connectivity index (χ2n) is 4.94. The van der Waals surface area contributed by atoms with E-state index in [9.17, 15) is 0 Å². The Morgan fingerprint density at radius 3 is 2.79 bits per heavy atom. The third-order valence-corrected chi connectivity index (χ3v) is 3.59. The van der Waals surface area contributed by atoms with Crippen LogP contribution in [0.5, 0.6) is 5.75 Å². The zero-order valence-electron chi connectivity index (χ0n) is 11.5. The number of aryl methyl sites for hydroxylation is 1. The fraction of sp³-hybridized carbons (Fsp3) is 0.400. The standard InChI is InChI=1S/C15H19ClN2O/c1-9(8-17)6-11-7-10(2)18-15-13(19-3)5-4-12(16)14(11)15/h4-5,7,9H,6,8,17H2,1-3H3. The van der Waals surface area contributed by atoms with Gasteiger partial charge in [0.05, 0.1) is 12.1 Å². The molecule has 0 saturated carbocycles. The molecule has 0 saturated heterocycles. The van der Waals surface area contributed by atoms with Crippen LogP contribution in [0.4, 0.5) is 0 Å². The molecule has 0 bridgehead atoms. The number of ether oxygens (including phenoxy) is 1. The van der Waals surface area contributed by atoms with Crippen molar-refractivity contribution in [2.75, 3.05) is 13.7 Å². The van der Waals surface area contributed by atoms with Gasteiger partial charge in [-0.25, -0.2) is 4.98 Å². The van der Waals surface area contributed by atoms with Crippen LogP contribution in [-0.2, 0) is 6.42 Å². The van der Waals surface area contributed by atoms with Gasteiger partial charge in [0.25, 0.3) is 0 Å². The Hall–Kier alpha value is -1.32. The lowest BCUT2D eigenvalue weighted by atomic mass is 9.97. The topological polar surface area (TPSA) is 48.1 Å². The second-order valence-corrected chi connectivity index (χ2v) is 5.35. The highest BCUT2D eigenvalue weighted by atomic mass is 35.5. The van der Waals surface area contributed by atoms with Crippen LogP contribution in [0.2, 0.25) is 5.02 Å². The number of hydrogen-bond donors (Lipinski definition) is 1. The van der Waals surface area contributed by atoms with Crippen LogP contribution >= 0.6 is 11.6 Å². The van der Waals surface area contributed by atoms with Gasteiger partial charge < -0.3 is 10.5 Å². The minimum Gasteiger partial charge on any atom is -0.494 e. The highest BCUT2D eigenvalue weighted by Gasteiger charge is 2.14. The van der Waals surface area contributed by atoms with Crippen molar-refractivity contribution in [2.24, 2.45) is 11.7 Å². The number of methoxy groups -OCH3 is 1. The molecule has 1 heterocycles. The van der Waals surface area contributed by atoms with Crippen LogP contribution in [0.1, 0.15) is 18.2 Å². The van der Waals surface area contributed by atoms with E-state index in [1.54, 1.807) is 7.11 Å². The van der Waals surface area contributed by atoms with Crippen molar-refractivity contribution in [1.82, 2.24) is 4.98 Å². The Morgan fingerprint density at radius 2 is 2.16 bits per heavy atom. The molecule has 0 radical (unpaired) electrons. The minimum atomic E-state index is 0.410. The fourth-order valence-corrected chi connectivity index (χ4v) is 2.56. The maximum absolute atomic E-state index is 6.34. The molecule has 2 N–H and O–H groups in total.